The zero-order chi connectivity index (χ0) is 42.1. The van der Waals surface area contributed by atoms with Crippen molar-refractivity contribution in [3.8, 4) is 0 Å². The van der Waals surface area contributed by atoms with Gasteiger partial charge in [0.2, 0.25) is 6.33 Å². The summed E-state index contributed by atoms with van der Waals surface area (Å²) in [6, 6.07) is 0. The summed E-state index contributed by atoms with van der Waals surface area (Å²) in [6.45, 7) is 5.27. The first-order valence-corrected chi connectivity index (χ1v) is 24.1. The number of sulfone groups is 2. The van der Waals surface area contributed by atoms with Crippen LogP contribution >= 0.6 is 0 Å². The normalized spacial score (nSPS) is 12.6. The Morgan fingerprint density at radius 3 is 1.25 bits per heavy atom. The first kappa shape index (κ1) is 51.9. The second kappa shape index (κ2) is 27.6. The van der Waals surface area contributed by atoms with Gasteiger partial charge in [0.1, 0.15) is 12.4 Å². The average molecular weight is 851 g/mol. The van der Waals surface area contributed by atoms with Gasteiger partial charge in [0.05, 0.1) is 27.2 Å². The maximum absolute atomic E-state index is 13.1. The minimum absolute atomic E-state index is 0.0740. The summed E-state index contributed by atoms with van der Waals surface area (Å²) >= 11 is 0. The predicted molar refractivity (Wildman–Crippen MR) is 209 cm³/mol. The fraction of sp³-hybridized carbons (Fsp3) is 0.850. The van der Waals surface area contributed by atoms with Gasteiger partial charge in [0, 0.05) is 0 Å². The van der Waals surface area contributed by atoms with Crippen molar-refractivity contribution in [3.63, 3.8) is 0 Å². The summed E-state index contributed by atoms with van der Waals surface area (Å²) < 4.78 is 131. The molecular formula is C40H72F6N4O4S2+2. The highest BCUT2D eigenvalue weighted by atomic mass is 32.2. The molecule has 2 rings (SSSR count). The van der Waals surface area contributed by atoms with Crippen LogP contribution in [-0.2, 0) is 46.9 Å². The number of unbranched alkanes of at least 4 members (excludes halogenated alkanes) is 24. The number of aryl methyl sites for hydroxylation is 3. The van der Waals surface area contributed by atoms with E-state index in [9.17, 15) is 43.2 Å². The molecule has 0 saturated heterocycles. The highest BCUT2D eigenvalue weighted by Gasteiger charge is 2.58. The van der Waals surface area contributed by atoms with Crippen molar-refractivity contribution in [2.24, 2.45) is 14.1 Å². The average Bonchev–Trinajstić information content (AvgIpc) is 3.70. The smallest absolute Gasteiger partial charge is 0.240 e. The molecule has 0 radical (unpaired) electrons. The third-order valence-electron chi connectivity index (χ3n) is 10.1. The molecule has 8 nitrogen and oxygen atoms in total. The minimum atomic E-state index is -6.10. The fourth-order valence-electron chi connectivity index (χ4n) is 6.77. The number of halogens is 6. The summed E-state index contributed by atoms with van der Waals surface area (Å²) in [5.41, 5.74) is -11.6. The van der Waals surface area contributed by atoms with E-state index in [1.54, 1.807) is 0 Å². The molecule has 56 heavy (non-hydrogen) atoms. The lowest BCUT2D eigenvalue weighted by Crippen LogP contribution is -2.42. The van der Waals surface area contributed by atoms with Gasteiger partial charge in [-0.2, -0.15) is 26.3 Å². The second-order valence-electron chi connectivity index (χ2n) is 15.2. The Labute approximate surface area is 334 Å². The quantitative estimate of drug-likeness (QED) is 0.0445. The standard InChI is InChI=1S/C22H37F6N2O4S2.C18H35N2/c1-3-4-5-6-7-8-9-10-11-12-13-14-15-16-17-30-18-19(35(31,32)21(23,24)25)29(2)20(30)36(33,34)22(26,27)28;1-3-4-5-6-7-8-9-10-11-12-13-14-15-20-17-16-19(2)18-20/h18H,3-17H2,1-2H3;16-18H,3-15H2,1-2H3/q2*+1. The zero-order valence-corrected chi connectivity index (χ0v) is 36.2. The van der Waals surface area contributed by atoms with Crippen molar-refractivity contribution in [2.75, 3.05) is 0 Å². The molecule has 2 aromatic rings. The minimum Gasteiger partial charge on any atom is -0.240 e. The van der Waals surface area contributed by atoms with Crippen LogP contribution in [-0.4, -0.2) is 37.0 Å². The van der Waals surface area contributed by atoms with Crippen LogP contribution in [0.15, 0.2) is 35.1 Å². The molecule has 0 amide bonds. The number of aromatic nitrogens is 4. The van der Waals surface area contributed by atoms with Crippen LogP contribution in [0.1, 0.15) is 181 Å². The Kier molecular flexibility index (Phi) is 25.6. The summed E-state index contributed by atoms with van der Waals surface area (Å²) in [5.74, 6) is 0. The van der Waals surface area contributed by atoms with Crippen LogP contribution < -0.4 is 9.13 Å². The van der Waals surface area contributed by atoms with Crippen molar-refractivity contribution in [1.29, 1.82) is 0 Å². The lowest BCUT2D eigenvalue weighted by Gasteiger charge is -2.08. The molecule has 0 aromatic carbocycles. The van der Waals surface area contributed by atoms with Crippen molar-refractivity contribution in [3.05, 3.63) is 24.9 Å². The molecule has 0 N–H and O–H groups in total. The Morgan fingerprint density at radius 2 is 0.911 bits per heavy atom. The molecule has 2 aromatic heterocycles. The molecule has 0 saturated carbocycles. The molecule has 0 aliphatic rings. The van der Waals surface area contributed by atoms with Gasteiger partial charge >= 0.3 is 35.8 Å². The van der Waals surface area contributed by atoms with Gasteiger partial charge < -0.3 is 0 Å². The molecule has 0 bridgehead atoms. The van der Waals surface area contributed by atoms with Gasteiger partial charge in [-0.3, -0.25) is 0 Å². The number of hydrogen-bond donors (Lipinski definition) is 0. The van der Waals surface area contributed by atoms with Gasteiger partial charge in [-0.25, -0.2) is 35.1 Å². The van der Waals surface area contributed by atoms with Crippen molar-refractivity contribution in [1.82, 2.24) is 9.13 Å². The van der Waals surface area contributed by atoms with E-state index < -0.39 is 40.9 Å². The summed E-state index contributed by atoms with van der Waals surface area (Å²) in [6.07, 6.45) is 38.0. The van der Waals surface area contributed by atoms with E-state index in [0.717, 1.165) is 32.1 Å². The lowest BCUT2D eigenvalue weighted by molar-refractivity contribution is -0.735. The van der Waals surface area contributed by atoms with E-state index in [-0.39, 0.29) is 17.5 Å². The van der Waals surface area contributed by atoms with E-state index >= 15 is 0 Å². The van der Waals surface area contributed by atoms with Crippen LogP contribution in [0.4, 0.5) is 26.3 Å². The van der Waals surface area contributed by atoms with E-state index in [1.807, 2.05) is 0 Å². The van der Waals surface area contributed by atoms with Crippen LogP contribution in [0.5, 0.6) is 0 Å². The molecule has 0 fully saturated rings. The monoisotopic (exact) mass is 850 g/mol. The van der Waals surface area contributed by atoms with Crippen LogP contribution in [0.25, 0.3) is 0 Å². The van der Waals surface area contributed by atoms with Crippen molar-refractivity contribution in [2.45, 2.75) is 215 Å². The number of hydrogen-bond acceptors (Lipinski definition) is 4. The Hall–Kier alpha value is -2.10. The van der Waals surface area contributed by atoms with Crippen LogP contribution in [0.3, 0.4) is 0 Å². The van der Waals surface area contributed by atoms with Crippen molar-refractivity contribution >= 4 is 19.7 Å². The molecular weight excluding hydrogens is 779 g/mol. The molecule has 16 heteroatoms. The molecule has 0 aliphatic carbocycles. The number of imidazole rings is 2. The molecule has 0 spiro atoms. The number of nitrogens with zero attached hydrogens (tertiary/aromatic N) is 4. The van der Waals surface area contributed by atoms with Gasteiger partial charge in [0.15, 0.2) is 6.20 Å². The second-order valence-corrected chi connectivity index (χ2v) is 18.9. The maximum atomic E-state index is 13.1. The Balaban J connectivity index is 0.000000660. The van der Waals surface area contributed by atoms with Gasteiger partial charge in [-0.15, -0.1) is 0 Å². The Morgan fingerprint density at radius 1 is 0.554 bits per heavy atom. The third-order valence-corrected chi connectivity index (χ3v) is 13.2. The van der Waals surface area contributed by atoms with Gasteiger partial charge in [-0.05, 0) is 25.7 Å². The van der Waals surface area contributed by atoms with Gasteiger partial charge in [-0.1, -0.05) is 155 Å². The van der Waals surface area contributed by atoms with E-state index in [2.05, 4.69) is 48.8 Å². The molecule has 0 atom stereocenters. The first-order chi connectivity index (χ1) is 26.4. The largest absolute Gasteiger partial charge is 0.509 e. The molecule has 0 unspecified atom stereocenters. The summed E-state index contributed by atoms with van der Waals surface area (Å²) in [4.78, 5) is 0. The predicted octanol–water partition coefficient (Wildman–Crippen LogP) is 11.4. The summed E-state index contributed by atoms with van der Waals surface area (Å²) in [5, 5.41) is -3.12. The van der Waals surface area contributed by atoms with Crippen LogP contribution in [0, 0.1) is 0 Å². The lowest BCUT2D eigenvalue weighted by atomic mass is 10.0. The first-order valence-electron chi connectivity index (χ1n) is 21.1. The molecule has 0 aliphatic heterocycles. The SMILES string of the molecule is CCCCCCCCCCCCCCCC[n+]1cc(S(=O)(=O)C(F)(F)F)n(C)c1S(=O)(=O)C(F)(F)F.CCCCCCCCCCCCCCn1cc[n+](C)c1. The fourth-order valence-corrected chi connectivity index (χ4v) is 8.90. The molecule has 2 heterocycles. The Bertz CT molecular complexity index is 1540. The highest BCUT2D eigenvalue weighted by Crippen LogP contribution is 2.34. The van der Waals surface area contributed by atoms with E-state index in [0.29, 0.717) is 24.2 Å². The highest BCUT2D eigenvalue weighted by molar-refractivity contribution is 7.92. The topological polar surface area (TPSA) is 85.9 Å². The maximum Gasteiger partial charge on any atom is 0.509 e. The van der Waals surface area contributed by atoms with Gasteiger partial charge in [0.25, 0.3) is 5.03 Å². The van der Waals surface area contributed by atoms with Crippen molar-refractivity contribution < 1.29 is 52.3 Å². The van der Waals surface area contributed by atoms with Crippen LogP contribution in [0.2, 0.25) is 0 Å². The molecule has 328 valence electrons. The van der Waals surface area contributed by atoms with E-state index in [1.165, 1.54) is 129 Å². The summed E-state index contributed by atoms with van der Waals surface area (Å²) in [7, 11) is -9.52. The zero-order valence-electron chi connectivity index (χ0n) is 34.6. The number of rotatable bonds is 30. The third kappa shape index (κ3) is 19.6. The number of alkyl halides is 6. The van der Waals surface area contributed by atoms with E-state index in [4.69, 9.17) is 0 Å².